The number of rotatable bonds is 5. The van der Waals surface area contributed by atoms with Gasteiger partial charge in [0.25, 0.3) is 0 Å². The number of carbonyl (C=O) groups is 1. The molecule has 1 amide bonds. The smallest absolute Gasteiger partial charge is 0.230 e. The maximum absolute atomic E-state index is 12.2. The summed E-state index contributed by atoms with van der Waals surface area (Å²) in [4.78, 5) is 12.2. The van der Waals surface area contributed by atoms with Gasteiger partial charge in [-0.1, -0.05) is 44.2 Å². The molecule has 0 saturated heterocycles. The van der Waals surface area contributed by atoms with Gasteiger partial charge in [0.05, 0.1) is 11.5 Å². The number of nitrogens with one attached hydrogen (secondary N) is 1. The number of amides is 1. The second-order valence-electron chi connectivity index (χ2n) is 5.51. The average Bonchev–Trinajstić information content (AvgIpc) is 2.36. The average molecular weight is 249 g/mol. The highest BCUT2D eigenvalue weighted by Gasteiger charge is 2.29. The first kappa shape index (κ1) is 14.7. The fourth-order valence-electron chi connectivity index (χ4n) is 1.64. The number of carbonyl (C=O) groups excluding carboxylic acids is 1. The minimum atomic E-state index is -0.585. The number of hydrogen-bond acceptors (Lipinski definition) is 2. The van der Waals surface area contributed by atoms with Crippen molar-refractivity contribution in [3.63, 3.8) is 0 Å². The molecule has 0 aliphatic rings. The normalized spacial score (nSPS) is 13.4. The Kier molecular flexibility index (Phi) is 4.91. The Bertz CT molecular complexity index is 385. The third kappa shape index (κ3) is 3.57. The van der Waals surface area contributed by atoms with E-state index < -0.39 is 11.5 Å². The molecule has 18 heavy (non-hydrogen) atoms. The van der Waals surface area contributed by atoms with E-state index in [1.165, 1.54) is 0 Å². The molecule has 1 unspecified atom stereocenters. The topological polar surface area (TPSA) is 49.3 Å². The van der Waals surface area contributed by atoms with Crippen LogP contribution in [-0.4, -0.2) is 23.7 Å². The van der Waals surface area contributed by atoms with Gasteiger partial charge < -0.3 is 10.4 Å². The molecule has 0 heterocycles. The van der Waals surface area contributed by atoms with Gasteiger partial charge in [-0.05, 0) is 25.3 Å². The van der Waals surface area contributed by atoms with Gasteiger partial charge in [0.15, 0.2) is 0 Å². The summed E-state index contributed by atoms with van der Waals surface area (Å²) in [6.45, 7) is 7.93. The molecule has 3 heteroatoms. The molecule has 1 rings (SSSR count). The molecule has 0 aliphatic carbocycles. The Labute approximate surface area is 109 Å². The highest BCUT2D eigenvalue weighted by atomic mass is 16.3. The molecule has 0 saturated carbocycles. The lowest BCUT2D eigenvalue weighted by Crippen LogP contribution is -2.44. The maximum Gasteiger partial charge on any atom is 0.230 e. The van der Waals surface area contributed by atoms with E-state index in [4.69, 9.17) is 0 Å². The minimum Gasteiger partial charge on any atom is -0.391 e. The second kappa shape index (κ2) is 6.01. The first-order chi connectivity index (χ1) is 8.35. The largest absolute Gasteiger partial charge is 0.391 e. The van der Waals surface area contributed by atoms with Gasteiger partial charge >= 0.3 is 0 Å². The molecule has 1 aromatic carbocycles. The van der Waals surface area contributed by atoms with Gasteiger partial charge in [-0.2, -0.15) is 0 Å². The Morgan fingerprint density at radius 1 is 1.28 bits per heavy atom. The molecule has 3 nitrogen and oxygen atoms in total. The summed E-state index contributed by atoms with van der Waals surface area (Å²) in [5.74, 6) is 0.0820. The lowest BCUT2D eigenvalue weighted by Gasteiger charge is -2.25. The van der Waals surface area contributed by atoms with E-state index in [9.17, 15) is 9.90 Å². The van der Waals surface area contributed by atoms with Crippen molar-refractivity contribution in [2.24, 2.45) is 5.92 Å². The zero-order chi connectivity index (χ0) is 13.8. The van der Waals surface area contributed by atoms with E-state index in [0.717, 1.165) is 5.56 Å². The molecule has 2 N–H and O–H groups in total. The summed E-state index contributed by atoms with van der Waals surface area (Å²) in [5, 5.41) is 12.5. The summed E-state index contributed by atoms with van der Waals surface area (Å²) in [5.41, 5.74) is 0.388. The fraction of sp³-hybridized carbons (Fsp3) is 0.533. The summed E-state index contributed by atoms with van der Waals surface area (Å²) < 4.78 is 0. The highest BCUT2D eigenvalue weighted by Crippen LogP contribution is 2.22. The van der Waals surface area contributed by atoms with E-state index in [-0.39, 0.29) is 11.8 Å². The van der Waals surface area contributed by atoms with E-state index in [1.54, 1.807) is 0 Å². The van der Waals surface area contributed by atoms with Gasteiger partial charge in [-0.3, -0.25) is 4.79 Å². The molecule has 0 aliphatic heterocycles. The molecule has 0 spiro atoms. The van der Waals surface area contributed by atoms with Crippen LogP contribution in [0.4, 0.5) is 0 Å². The number of benzene rings is 1. The highest BCUT2D eigenvalue weighted by molar-refractivity contribution is 5.87. The van der Waals surface area contributed by atoms with Crippen LogP contribution in [0.5, 0.6) is 0 Å². The van der Waals surface area contributed by atoms with Crippen molar-refractivity contribution in [3.8, 4) is 0 Å². The monoisotopic (exact) mass is 249 g/mol. The van der Waals surface area contributed by atoms with E-state index >= 15 is 0 Å². The van der Waals surface area contributed by atoms with Crippen molar-refractivity contribution in [2.45, 2.75) is 39.2 Å². The molecule has 1 atom stereocenters. The van der Waals surface area contributed by atoms with Crippen LogP contribution in [0, 0.1) is 5.92 Å². The molecule has 0 bridgehead atoms. The second-order valence-corrected chi connectivity index (χ2v) is 5.51. The Balaban J connectivity index is 2.66. The molecule has 1 aromatic rings. The maximum atomic E-state index is 12.2. The quantitative estimate of drug-likeness (QED) is 0.839. The van der Waals surface area contributed by atoms with Crippen LogP contribution in [0.15, 0.2) is 30.3 Å². The molecule has 0 fully saturated rings. The molecule has 100 valence electrons. The lowest BCUT2D eigenvalue weighted by molar-refractivity contribution is -0.126. The van der Waals surface area contributed by atoms with Crippen molar-refractivity contribution in [1.82, 2.24) is 5.32 Å². The third-order valence-electron chi connectivity index (χ3n) is 3.30. The van der Waals surface area contributed by atoms with Crippen LogP contribution in [0.1, 0.15) is 33.3 Å². The van der Waals surface area contributed by atoms with Gasteiger partial charge in [0, 0.05) is 6.54 Å². The molecular formula is C15H23NO2. The number of aliphatic hydroxyl groups excluding tert-OH is 1. The van der Waals surface area contributed by atoms with Gasteiger partial charge in [-0.25, -0.2) is 0 Å². The lowest BCUT2D eigenvalue weighted by atomic mass is 9.83. The number of aliphatic hydroxyl groups is 1. The van der Waals surface area contributed by atoms with Crippen molar-refractivity contribution >= 4 is 5.91 Å². The van der Waals surface area contributed by atoms with Crippen molar-refractivity contribution in [1.29, 1.82) is 0 Å². The zero-order valence-electron chi connectivity index (χ0n) is 11.6. The number of hydrogen-bond donors (Lipinski definition) is 2. The Morgan fingerprint density at radius 2 is 1.83 bits per heavy atom. The van der Waals surface area contributed by atoms with Crippen molar-refractivity contribution in [2.75, 3.05) is 6.54 Å². The predicted octanol–water partition coefficient (Wildman–Crippen LogP) is 2.10. The van der Waals surface area contributed by atoms with Gasteiger partial charge in [0.1, 0.15) is 0 Å². The van der Waals surface area contributed by atoms with Crippen LogP contribution < -0.4 is 5.32 Å². The van der Waals surface area contributed by atoms with Gasteiger partial charge in [0.2, 0.25) is 5.91 Å². The zero-order valence-corrected chi connectivity index (χ0v) is 11.6. The SMILES string of the molecule is CC(C)C(O)CNC(=O)C(C)(C)c1ccccc1. The van der Waals surface area contributed by atoms with E-state index in [0.29, 0.717) is 6.54 Å². The fourth-order valence-corrected chi connectivity index (χ4v) is 1.64. The van der Waals surface area contributed by atoms with Crippen LogP contribution in [0.2, 0.25) is 0 Å². The summed E-state index contributed by atoms with van der Waals surface area (Å²) in [6, 6.07) is 9.66. The third-order valence-corrected chi connectivity index (χ3v) is 3.30. The Hall–Kier alpha value is -1.35. The first-order valence-electron chi connectivity index (χ1n) is 6.37. The standard InChI is InChI=1S/C15H23NO2/c1-11(2)13(17)10-16-14(18)15(3,4)12-8-6-5-7-9-12/h5-9,11,13,17H,10H2,1-4H3,(H,16,18). The first-order valence-corrected chi connectivity index (χ1v) is 6.37. The van der Waals surface area contributed by atoms with Crippen molar-refractivity contribution < 1.29 is 9.90 Å². The van der Waals surface area contributed by atoms with Crippen LogP contribution in [0.3, 0.4) is 0 Å². The van der Waals surface area contributed by atoms with Crippen molar-refractivity contribution in [3.05, 3.63) is 35.9 Å². The van der Waals surface area contributed by atoms with E-state index in [1.807, 2.05) is 58.0 Å². The van der Waals surface area contributed by atoms with E-state index in [2.05, 4.69) is 5.32 Å². The summed E-state index contributed by atoms with van der Waals surface area (Å²) in [6.07, 6.45) is -0.500. The summed E-state index contributed by atoms with van der Waals surface area (Å²) in [7, 11) is 0. The van der Waals surface area contributed by atoms with Crippen LogP contribution in [0.25, 0.3) is 0 Å². The van der Waals surface area contributed by atoms with Crippen LogP contribution >= 0.6 is 0 Å². The molecule has 0 aromatic heterocycles. The summed E-state index contributed by atoms with van der Waals surface area (Å²) >= 11 is 0. The van der Waals surface area contributed by atoms with Gasteiger partial charge in [-0.15, -0.1) is 0 Å². The molecular weight excluding hydrogens is 226 g/mol. The molecule has 0 radical (unpaired) electrons. The minimum absolute atomic E-state index is 0.0617. The predicted molar refractivity (Wildman–Crippen MR) is 73.3 cm³/mol. The van der Waals surface area contributed by atoms with Crippen LogP contribution in [-0.2, 0) is 10.2 Å². The Morgan fingerprint density at radius 3 is 2.33 bits per heavy atom.